The minimum Gasteiger partial charge on any atom is -0.374 e. The van der Waals surface area contributed by atoms with Crippen molar-refractivity contribution in [3.63, 3.8) is 0 Å². The highest BCUT2D eigenvalue weighted by atomic mass is 19.1. The molecule has 1 aromatic rings. The molecule has 0 aliphatic rings. The minimum atomic E-state index is -0.170. The first kappa shape index (κ1) is 12.0. The van der Waals surface area contributed by atoms with Crippen LogP contribution in [0.25, 0.3) is 0 Å². The van der Waals surface area contributed by atoms with Crippen LogP contribution in [0.1, 0.15) is 12.0 Å². The Hall–Kier alpha value is -1.09. The van der Waals surface area contributed by atoms with E-state index in [4.69, 9.17) is 0 Å². The van der Waals surface area contributed by atoms with Crippen LogP contribution in [0.3, 0.4) is 0 Å². The third-order valence-electron chi connectivity index (χ3n) is 2.50. The number of nitrogens with one attached hydrogen (secondary N) is 1. The summed E-state index contributed by atoms with van der Waals surface area (Å²) in [5, 5.41) is 3.10. The van der Waals surface area contributed by atoms with Gasteiger partial charge in [-0.25, -0.2) is 4.39 Å². The number of benzene rings is 1. The smallest absolute Gasteiger partial charge is 0.125 e. The molecule has 0 bridgehead atoms. The van der Waals surface area contributed by atoms with E-state index in [0.29, 0.717) is 0 Å². The Morgan fingerprint density at radius 2 is 2.13 bits per heavy atom. The highest BCUT2D eigenvalue weighted by Gasteiger charge is 2.05. The molecule has 84 valence electrons. The van der Waals surface area contributed by atoms with E-state index in [2.05, 4.69) is 10.2 Å². The molecule has 1 N–H and O–H groups in total. The van der Waals surface area contributed by atoms with Crippen molar-refractivity contribution in [1.29, 1.82) is 0 Å². The Kier molecular flexibility index (Phi) is 4.56. The molecule has 3 heteroatoms. The molecule has 0 amide bonds. The van der Waals surface area contributed by atoms with E-state index in [-0.39, 0.29) is 5.82 Å². The second kappa shape index (κ2) is 5.71. The average Bonchev–Trinajstić information content (AvgIpc) is 2.22. The van der Waals surface area contributed by atoms with Crippen molar-refractivity contribution in [3.8, 4) is 0 Å². The van der Waals surface area contributed by atoms with Gasteiger partial charge in [-0.05, 0) is 44.6 Å². The van der Waals surface area contributed by atoms with Crippen LogP contribution in [0.5, 0.6) is 0 Å². The van der Waals surface area contributed by atoms with Gasteiger partial charge in [0.05, 0.1) is 0 Å². The summed E-state index contributed by atoms with van der Waals surface area (Å²) in [4.78, 5) is 2.09. The maximum absolute atomic E-state index is 13.1. The maximum atomic E-state index is 13.1. The highest BCUT2D eigenvalue weighted by Crippen LogP contribution is 2.19. The Morgan fingerprint density at radius 1 is 1.40 bits per heavy atom. The van der Waals surface area contributed by atoms with Gasteiger partial charge in [0.2, 0.25) is 0 Å². The molecule has 0 spiro atoms. The second-order valence-corrected chi connectivity index (χ2v) is 3.81. The summed E-state index contributed by atoms with van der Waals surface area (Å²) in [6.07, 6.45) is 1.06. The quantitative estimate of drug-likeness (QED) is 0.749. The Bertz CT molecular complexity index is 312. The number of hydrogen-bond donors (Lipinski definition) is 1. The van der Waals surface area contributed by atoms with Gasteiger partial charge in [0.1, 0.15) is 5.82 Å². The standard InChI is InChI=1S/C12H19FN2/c1-10-5-6-11(13)9-12(10)15(3)8-4-7-14-2/h5-6,9,14H,4,7-8H2,1-3H3. The summed E-state index contributed by atoms with van der Waals surface area (Å²) in [7, 11) is 3.94. The molecule has 0 saturated heterocycles. The van der Waals surface area contributed by atoms with E-state index in [1.807, 2.05) is 27.1 Å². The number of nitrogens with zero attached hydrogens (tertiary/aromatic N) is 1. The van der Waals surface area contributed by atoms with Gasteiger partial charge in [0.15, 0.2) is 0 Å². The lowest BCUT2D eigenvalue weighted by Crippen LogP contribution is -2.22. The molecule has 0 radical (unpaired) electrons. The first-order valence-corrected chi connectivity index (χ1v) is 5.27. The van der Waals surface area contributed by atoms with Gasteiger partial charge >= 0.3 is 0 Å². The first-order valence-electron chi connectivity index (χ1n) is 5.27. The number of halogens is 1. The summed E-state index contributed by atoms with van der Waals surface area (Å²) in [5.74, 6) is -0.170. The van der Waals surface area contributed by atoms with Crippen LogP contribution in [-0.4, -0.2) is 27.2 Å². The fourth-order valence-corrected chi connectivity index (χ4v) is 1.61. The van der Waals surface area contributed by atoms with Crippen molar-refractivity contribution < 1.29 is 4.39 Å². The topological polar surface area (TPSA) is 15.3 Å². The van der Waals surface area contributed by atoms with Crippen molar-refractivity contribution in [1.82, 2.24) is 5.32 Å². The van der Waals surface area contributed by atoms with Crippen LogP contribution in [0.4, 0.5) is 10.1 Å². The molecule has 0 saturated carbocycles. The van der Waals surface area contributed by atoms with E-state index in [1.165, 1.54) is 6.07 Å². The molecular formula is C12H19FN2. The highest BCUT2D eigenvalue weighted by molar-refractivity contribution is 5.52. The van der Waals surface area contributed by atoms with Gasteiger partial charge in [-0.1, -0.05) is 6.07 Å². The predicted molar refractivity (Wildman–Crippen MR) is 63.0 cm³/mol. The zero-order valence-electron chi connectivity index (χ0n) is 9.68. The molecule has 0 heterocycles. The van der Waals surface area contributed by atoms with Gasteiger partial charge in [0, 0.05) is 19.3 Å². The van der Waals surface area contributed by atoms with E-state index >= 15 is 0 Å². The lowest BCUT2D eigenvalue weighted by molar-refractivity contribution is 0.626. The fourth-order valence-electron chi connectivity index (χ4n) is 1.61. The first-order chi connectivity index (χ1) is 7.15. The van der Waals surface area contributed by atoms with Crippen LogP contribution >= 0.6 is 0 Å². The average molecular weight is 210 g/mol. The Balaban J connectivity index is 2.64. The molecule has 0 atom stereocenters. The molecule has 0 fully saturated rings. The largest absolute Gasteiger partial charge is 0.374 e. The molecule has 2 nitrogen and oxygen atoms in total. The molecule has 0 aromatic heterocycles. The summed E-state index contributed by atoms with van der Waals surface area (Å²) < 4.78 is 13.1. The van der Waals surface area contributed by atoms with Crippen molar-refractivity contribution >= 4 is 5.69 Å². The van der Waals surface area contributed by atoms with Crippen molar-refractivity contribution in [2.75, 3.05) is 32.1 Å². The fraction of sp³-hybridized carbons (Fsp3) is 0.500. The summed E-state index contributed by atoms with van der Waals surface area (Å²) in [6.45, 7) is 3.92. The lowest BCUT2D eigenvalue weighted by atomic mass is 10.2. The third-order valence-corrected chi connectivity index (χ3v) is 2.50. The number of aryl methyl sites for hydroxylation is 1. The number of anilines is 1. The molecule has 0 unspecified atom stereocenters. The normalized spacial score (nSPS) is 10.4. The van der Waals surface area contributed by atoms with Gasteiger partial charge in [-0.3, -0.25) is 0 Å². The van der Waals surface area contributed by atoms with Crippen LogP contribution < -0.4 is 10.2 Å². The predicted octanol–water partition coefficient (Wildman–Crippen LogP) is 2.18. The summed E-state index contributed by atoms with van der Waals surface area (Å²) in [5.41, 5.74) is 2.09. The third kappa shape index (κ3) is 3.51. The van der Waals surface area contributed by atoms with E-state index < -0.39 is 0 Å². The van der Waals surface area contributed by atoms with Crippen molar-refractivity contribution in [3.05, 3.63) is 29.6 Å². The van der Waals surface area contributed by atoms with Crippen LogP contribution in [0.15, 0.2) is 18.2 Å². The summed E-state index contributed by atoms with van der Waals surface area (Å²) >= 11 is 0. The molecular weight excluding hydrogens is 191 g/mol. The van der Waals surface area contributed by atoms with E-state index in [9.17, 15) is 4.39 Å². The zero-order chi connectivity index (χ0) is 11.3. The Morgan fingerprint density at radius 3 is 2.80 bits per heavy atom. The van der Waals surface area contributed by atoms with Crippen molar-refractivity contribution in [2.45, 2.75) is 13.3 Å². The van der Waals surface area contributed by atoms with Gasteiger partial charge < -0.3 is 10.2 Å². The molecule has 1 rings (SSSR count). The Labute approximate surface area is 91.1 Å². The summed E-state index contributed by atoms with van der Waals surface area (Å²) in [6, 6.07) is 4.91. The van der Waals surface area contributed by atoms with Crippen LogP contribution in [-0.2, 0) is 0 Å². The molecule has 0 aliphatic carbocycles. The second-order valence-electron chi connectivity index (χ2n) is 3.81. The van der Waals surface area contributed by atoms with E-state index in [0.717, 1.165) is 30.8 Å². The minimum absolute atomic E-state index is 0.170. The van der Waals surface area contributed by atoms with Gasteiger partial charge in [-0.15, -0.1) is 0 Å². The monoisotopic (exact) mass is 210 g/mol. The molecule has 15 heavy (non-hydrogen) atoms. The van der Waals surface area contributed by atoms with Gasteiger partial charge in [-0.2, -0.15) is 0 Å². The van der Waals surface area contributed by atoms with Crippen LogP contribution in [0.2, 0.25) is 0 Å². The zero-order valence-corrected chi connectivity index (χ0v) is 9.68. The SMILES string of the molecule is CNCCCN(C)c1cc(F)ccc1C. The molecule has 1 aromatic carbocycles. The number of rotatable bonds is 5. The maximum Gasteiger partial charge on any atom is 0.125 e. The lowest BCUT2D eigenvalue weighted by Gasteiger charge is -2.21. The van der Waals surface area contributed by atoms with Crippen molar-refractivity contribution in [2.24, 2.45) is 0 Å². The van der Waals surface area contributed by atoms with Gasteiger partial charge in [0.25, 0.3) is 0 Å². The van der Waals surface area contributed by atoms with Crippen LogP contribution in [0, 0.1) is 12.7 Å². The van der Waals surface area contributed by atoms with E-state index in [1.54, 1.807) is 6.07 Å². The number of hydrogen-bond acceptors (Lipinski definition) is 2. The molecule has 0 aliphatic heterocycles.